The van der Waals surface area contributed by atoms with E-state index in [1.807, 2.05) is 13.8 Å². The number of amides is 1. The Kier molecular flexibility index (Phi) is 4.94. The van der Waals surface area contributed by atoms with Gasteiger partial charge in [0.15, 0.2) is 0 Å². The zero-order valence-corrected chi connectivity index (χ0v) is 10.4. The summed E-state index contributed by atoms with van der Waals surface area (Å²) in [5.41, 5.74) is 0.643. The van der Waals surface area contributed by atoms with Crippen LogP contribution in [-0.4, -0.2) is 13.0 Å². The first kappa shape index (κ1) is 13.5. The fourth-order valence-electron chi connectivity index (χ4n) is 1.52. The third-order valence-electron chi connectivity index (χ3n) is 2.31. The minimum atomic E-state index is -0.334. The molecule has 0 spiro atoms. The zero-order valence-electron chi connectivity index (χ0n) is 10.4. The van der Waals surface area contributed by atoms with E-state index < -0.39 is 0 Å². The van der Waals surface area contributed by atoms with E-state index >= 15 is 0 Å². The predicted molar refractivity (Wildman–Crippen MR) is 64.3 cm³/mol. The first-order valence-corrected chi connectivity index (χ1v) is 5.62. The molecule has 0 radical (unpaired) electrons. The van der Waals surface area contributed by atoms with Crippen LogP contribution in [0.2, 0.25) is 0 Å². The van der Waals surface area contributed by atoms with Gasteiger partial charge >= 0.3 is 0 Å². The average Bonchev–Trinajstić information content (AvgIpc) is 2.25. The van der Waals surface area contributed by atoms with Crippen LogP contribution in [-0.2, 0) is 11.3 Å². The molecule has 94 valence electrons. The number of hydrogen-bond donors (Lipinski definition) is 1. The van der Waals surface area contributed by atoms with Crippen LogP contribution < -0.4 is 10.1 Å². The number of ether oxygens (including phenoxy) is 1. The van der Waals surface area contributed by atoms with Crippen LogP contribution in [0.4, 0.5) is 4.39 Å². The van der Waals surface area contributed by atoms with Gasteiger partial charge in [-0.05, 0) is 24.1 Å². The van der Waals surface area contributed by atoms with Gasteiger partial charge < -0.3 is 10.1 Å². The molecule has 1 rings (SSSR count). The molecule has 3 nitrogen and oxygen atoms in total. The lowest BCUT2D eigenvalue weighted by atomic mass is 10.1. The summed E-state index contributed by atoms with van der Waals surface area (Å²) in [4.78, 5) is 11.5. The molecule has 0 saturated heterocycles. The minimum absolute atomic E-state index is 0.0358. The second kappa shape index (κ2) is 6.23. The van der Waals surface area contributed by atoms with Gasteiger partial charge in [-0.25, -0.2) is 4.39 Å². The second-order valence-electron chi connectivity index (χ2n) is 4.33. The standard InChI is InChI=1S/C13H18FNO2/c1-9(2)6-13(16)15-8-10-7-11(14)4-5-12(10)17-3/h4-5,7,9H,6,8H2,1-3H3,(H,15,16). The van der Waals surface area contributed by atoms with E-state index in [-0.39, 0.29) is 18.3 Å². The SMILES string of the molecule is COc1ccc(F)cc1CNC(=O)CC(C)C. The summed E-state index contributed by atoms with van der Waals surface area (Å²) in [6.45, 7) is 4.23. The van der Waals surface area contributed by atoms with Gasteiger partial charge in [-0.2, -0.15) is 0 Å². The molecule has 1 amide bonds. The summed E-state index contributed by atoms with van der Waals surface area (Å²) < 4.78 is 18.1. The number of carbonyl (C=O) groups excluding carboxylic acids is 1. The Bertz CT molecular complexity index is 391. The molecule has 4 heteroatoms. The Morgan fingerprint density at radius 2 is 2.18 bits per heavy atom. The molecule has 0 saturated carbocycles. The molecule has 0 unspecified atom stereocenters. The monoisotopic (exact) mass is 239 g/mol. The summed E-state index contributed by atoms with van der Waals surface area (Å²) in [5.74, 6) is 0.519. The molecule has 0 aliphatic carbocycles. The summed E-state index contributed by atoms with van der Waals surface area (Å²) in [6, 6.07) is 4.26. The van der Waals surface area contributed by atoms with Gasteiger partial charge in [0.25, 0.3) is 0 Å². The van der Waals surface area contributed by atoms with E-state index in [1.54, 1.807) is 6.07 Å². The van der Waals surface area contributed by atoms with Crippen molar-refractivity contribution >= 4 is 5.91 Å². The maximum atomic E-state index is 13.0. The third kappa shape index (κ3) is 4.43. The maximum Gasteiger partial charge on any atom is 0.220 e. The van der Waals surface area contributed by atoms with Gasteiger partial charge in [0.1, 0.15) is 11.6 Å². The zero-order chi connectivity index (χ0) is 12.8. The van der Waals surface area contributed by atoms with Crippen molar-refractivity contribution in [1.82, 2.24) is 5.32 Å². The topological polar surface area (TPSA) is 38.3 Å². The molecule has 17 heavy (non-hydrogen) atoms. The molecule has 0 bridgehead atoms. The Balaban J connectivity index is 2.62. The quantitative estimate of drug-likeness (QED) is 0.857. The van der Waals surface area contributed by atoms with Crippen molar-refractivity contribution in [3.05, 3.63) is 29.6 Å². The molecule has 0 fully saturated rings. The average molecular weight is 239 g/mol. The second-order valence-corrected chi connectivity index (χ2v) is 4.33. The molecular weight excluding hydrogens is 221 g/mol. The van der Waals surface area contributed by atoms with Crippen LogP contribution in [0.1, 0.15) is 25.8 Å². The largest absolute Gasteiger partial charge is 0.496 e. The van der Waals surface area contributed by atoms with Gasteiger partial charge in [0.05, 0.1) is 7.11 Å². The van der Waals surface area contributed by atoms with Crippen LogP contribution in [0.3, 0.4) is 0 Å². The van der Waals surface area contributed by atoms with Crippen LogP contribution in [0.5, 0.6) is 5.75 Å². The summed E-state index contributed by atoms with van der Waals surface area (Å²) in [5, 5.41) is 2.75. The third-order valence-corrected chi connectivity index (χ3v) is 2.31. The number of benzene rings is 1. The lowest BCUT2D eigenvalue weighted by Gasteiger charge is -2.10. The van der Waals surface area contributed by atoms with Crippen LogP contribution >= 0.6 is 0 Å². The predicted octanol–water partition coefficient (Wildman–Crippen LogP) is 2.50. The number of halogens is 1. The van der Waals surface area contributed by atoms with Gasteiger partial charge in [0, 0.05) is 18.5 Å². The fourth-order valence-corrected chi connectivity index (χ4v) is 1.52. The van der Waals surface area contributed by atoms with Crippen LogP contribution in [0.25, 0.3) is 0 Å². The molecule has 1 aromatic rings. The van der Waals surface area contributed by atoms with E-state index in [4.69, 9.17) is 4.74 Å². The number of carbonyl (C=O) groups is 1. The highest BCUT2D eigenvalue weighted by atomic mass is 19.1. The number of rotatable bonds is 5. The fraction of sp³-hybridized carbons (Fsp3) is 0.462. The van der Waals surface area contributed by atoms with Crippen LogP contribution in [0.15, 0.2) is 18.2 Å². The minimum Gasteiger partial charge on any atom is -0.496 e. The van der Waals surface area contributed by atoms with Crippen molar-refractivity contribution in [3.8, 4) is 5.75 Å². The van der Waals surface area contributed by atoms with Crippen molar-refractivity contribution in [2.75, 3.05) is 7.11 Å². The first-order valence-electron chi connectivity index (χ1n) is 5.62. The van der Waals surface area contributed by atoms with Gasteiger partial charge in [-0.3, -0.25) is 4.79 Å². The smallest absolute Gasteiger partial charge is 0.220 e. The lowest BCUT2D eigenvalue weighted by Crippen LogP contribution is -2.24. The number of nitrogens with one attached hydrogen (secondary N) is 1. The number of methoxy groups -OCH3 is 1. The summed E-state index contributed by atoms with van der Waals surface area (Å²) in [6.07, 6.45) is 0.470. The lowest BCUT2D eigenvalue weighted by molar-refractivity contribution is -0.121. The molecule has 0 aromatic heterocycles. The Hall–Kier alpha value is -1.58. The molecule has 0 heterocycles. The normalized spacial score (nSPS) is 10.4. The molecule has 1 N–H and O–H groups in total. The highest BCUT2D eigenvalue weighted by molar-refractivity contribution is 5.76. The molecular formula is C13H18FNO2. The Morgan fingerprint density at radius 1 is 1.47 bits per heavy atom. The van der Waals surface area contributed by atoms with E-state index in [2.05, 4.69) is 5.32 Å². The van der Waals surface area contributed by atoms with E-state index in [0.29, 0.717) is 23.7 Å². The Labute approximate surface area is 101 Å². The van der Waals surface area contributed by atoms with Crippen molar-refractivity contribution in [3.63, 3.8) is 0 Å². The van der Waals surface area contributed by atoms with Crippen molar-refractivity contribution in [1.29, 1.82) is 0 Å². The molecule has 1 aromatic carbocycles. The highest BCUT2D eigenvalue weighted by Gasteiger charge is 2.08. The number of hydrogen-bond acceptors (Lipinski definition) is 2. The van der Waals surface area contributed by atoms with Gasteiger partial charge in [-0.15, -0.1) is 0 Å². The molecule has 0 aliphatic rings. The molecule has 0 atom stereocenters. The van der Waals surface area contributed by atoms with E-state index in [9.17, 15) is 9.18 Å². The summed E-state index contributed by atoms with van der Waals surface area (Å²) in [7, 11) is 1.52. The highest BCUT2D eigenvalue weighted by Crippen LogP contribution is 2.19. The van der Waals surface area contributed by atoms with Crippen molar-refractivity contribution < 1.29 is 13.9 Å². The maximum absolute atomic E-state index is 13.0. The first-order chi connectivity index (χ1) is 8.02. The van der Waals surface area contributed by atoms with Gasteiger partial charge in [0.2, 0.25) is 5.91 Å². The van der Waals surface area contributed by atoms with Crippen molar-refractivity contribution in [2.24, 2.45) is 5.92 Å². The van der Waals surface area contributed by atoms with E-state index in [0.717, 1.165) is 0 Å². The Morgan fingerprint density at radius 3 is 2.76 bits per heavy atom. The van der Waals surface area contributed by atoms with Crippen molar-refractivity contribution in [2.45, 2.75) is 26.8 Å². The van der Waals surface area contributed by atoms with E-state index in [1.165, 1.54) is 19.2 Å². The molecule has 0 aliphatic heterocycles. The van der Waals surface area contributed by atoms with Gasteiger partial charge in [-0.1, -0.05) is 13.8 Å². The summed E-state index contributed by atoms with van der Waals surface area (Å²) >= 11 is 0. The van der Waals surface area contributed by atoms with Crippen LogP contribution in [0, 0.1) is 11.7 Å².